The van der Waals surface area contributed by atoms with Crippen LogP contribution in [0.1, 0.15) is 67.7 Å². The van der Waals surface area contributed by atoms with Crippen molar-refractivity contribution in [2.24, 2.45) is 22.7 Å². The van der Waals surface area contributed by atoms with E-state index in [4.69, 9.17) is 14.2 Å². The molecule has 0 unspecified atom stereocenters. The quantitative estimate of drug-likeness (QED) is 0.361. The average Bonchev–Trinajstić information content (AvgIpc) is 2.69. The zero-order chi connectivity index (χ0) is 25.7. The van der Waals surface area contributed by atoms with Gasteiger partial charge in [-0.15, -0.1) is 0 Å². The summed E-state index contributed by atoms with van der Waals surface area (Å²) in [5, 5.41) is 22.6. The van der Waals surface area contributed by atoms with Gasteiger partial charge in [-0.25, -0.2) is 0 Å². The average molecular weight is 479 g/mol. The van der Waals surface area contributed by atoms with Gasteiger partial charge < -0.3 is 24.4 Å². The predicted molar refractivity (Wildman–Crippen MR) is 123 cm³/mol. The Bertz CT molecular complexity index is 918. The molecule has 8 heteroatoms. The van der Waals surface area contributed by atoms with Crippen LogP contribution in [0.25, 0.3) is 0 Å². The van der Waals surface area contributed by atoms with Gasteiger partial charge in [0.15, 0.2) is 6.10 Å². The Hall–Kier alpha value is -2.19. The van der Waals surface area contributed by atoms with Gasteiger partial charge in [0.05, 0.1) is 12.2 Å². The molecule has 0 aliphatic heterocycles. The third-order valence-electron chi connectivity index (χ3n) is 8.35. The summed E-state index contributed by atoms with van der Waals surface area (Å²) in [5.41, 5.74) is 0.309. The van der Waals surface area contributed by atoms with Gasteiger partial charge in [-0.1, -0.05) is 27.4 Å². The molecule has 2 saturated carbocycles. The van der Waals surface area contributed by atoms with E-state index in [0.717, 1.165) is 5.57 Å². The number of carbonyl (C=O) groups excluding carboxylic acids is 3. The highest BCUT2D eigenvalue weighted by molar-refractivity contribution is 5.68. The Morgan fingerprint density at radius 1 is 0.971 bits per heavy atom. The highest BCUT2D eigenvalue weighted by Gasteiger charge is 2.63. The molecule has 2 bridgehead atoms. The first-order valence-corrected chi connectivity index (χ1v) is 11.9. The summed E-state index contributed by atoms with van der Waals surface area (Å²) >= 11 is 0. The first-order chi connectivity index (χ1) is 15.6. The maximum atomic E-state index is 12.3. The molecule has 0 spiro atoms. The smallest absolute Gasteiger partial charge is 0.303 e. The molecule has 0 heterocycles. The van der Waals surface area contributed by atoms with Crippen LogP contribution in [-0.4, -0.2) is 58.6 Å². The van der Waals surface area contributed by atoms with Gasteiger partial charge in [0, 0.05) is 32.1 Å². The number of aliphatic hydroxyl groups excluding tert-OH is 2. The van der Waals surface area contributed by atoms with Crippen LogP contribution < -0.4 is 0 Å². The first kappa shape index (κ1) is 26.4. The second-order valence-corrected chi connectivity index (χ2v) is 10.9. The molecule has 3 rings (SSSR count). The van der Waals surface area contributed by atoms with Crippen molar-refractivity contribution in [3.8, 4) is 0 Å². The van der Waals surface area contributed by atoms with E-state index in [9.17, 15) is 24.6 Å². The summed E-state index contributed by atoms with van der Waals surface area (Å²) < 4.78 is 17.4. The topological polar surface area (TPSA) is 119 Å². The predicted octanol–water partition coefficient (Wildman–Crippen LogP) is 2.85. The summed E-state index contributed by atoms with van der Waals surface area (Å²) in [6, 6.07) is 0. The van der Waals surface area contributed by atoms with E-state index in [1.807, 2.05) is 27.7 Å². The van der Waals surface area contributed by atoms with Gasteiger partial charge in [0.1, 0.15) is 12.2 Å². The lowest BCUT2D eigenvalue weighted by Crippen LogP contribution is -2.63. The number of esters is 3. The van der Waals surface area contributed by atoms with Crippen LogP contribution in [0.4, 0.5) is 0 Å². The van der Waals surface area contributed by atoms with E-state index in [-0.39, 0.29) is 0 Å². The molecule has 0 aromatic rings. The fourth-order valence-corrected chi connectivity index (χ4v) is 6.83. The minimum Gasteiger partial charge on any atom is -0.458 e. The fourth-order valence-electron chi connectivity index (χ4n) is 6.83. The van der Waals surface area contributed by atoms with Gasteiger partial charge in [-0.05, 0) is 54.2 Å². The lowest BCUT2D eigenvalue weighted by molar-refractivity contribution is -0.197. The summed E-state index contributed by atoms with van der Waals surface area (Å²) in [4.78, 5) is 36.6. The lowest BCUT2D eigenvalue weighted by atomic mass is 9.49. The van der Waals surface area contributed by atoms with Crippen LogP contribution in [0.15, 0.2) is 23.3 Å². The second kappa shape index (κ2) is 9.11. The molecule has 190 valence electrons. The molecular formula is C26H38O8. The molecule has 0 saturated heterocycles. The number of fused-ring (bicyclic) bond motifs is 3. The van der Waals surface area contributed by atoms with E-state index in [1.54, 1.807) is 0 Å². The molecule has 0 aromatic carbocycles. The standard InChI is InChI=1S/C26H38O8/c1-12-18(30)9-10-26(8)20(12)22(31)17-11-19(32-14(3)27)13(2)21(25(17,6)7)23(33-15(4)28)24(26)34-16(5)29/h17-20,22-24,30-31H,1,9-11H2,2-8H3/t17-,18+,19+,20+,22-,23-,24+,26-/m1/s1. The van der Waals surface area contributed by atoms with Crippen molar-refractivity contribution in [3.63, 3.8) is 0 Å². The molecule has 0 aromatic heterocycles. The van der Waals surface area contributed by atoms with Gasteiger partial charge in [-0.3, -0.25) is 14.4 Å². The van der Waals surface area contributed by atoms with Crippen LogP contribution in [0.2, 0.25) is 0 Å². The van der Waals surface area contributed by atoms with Crippen LogP contribution >= 0.6 is 0 Å². The zero-order valence-corrected chi connectivity index (χ0v) is 21.2. The molecule has 2 N–H and O–H groups in total. The van der Waals surface area contributed by atoms with Gasteiger partial charge in [0.25, 0.3) is 0 Å². The second-order valence-electron chi connectivity index (χ2n) is 10.9. The summed E-state index contributed by atoms with van der Waals surface area (Å²) in [5.74, 6) is -2.59. The monoisotopic (exact) mass is 478 g/mol. The SMILES string of the molecule is C=C1[C@@H](O)CC[C@@]2(C)[C@@H](OC(C)=O)[C@H](OC(C)=O)C3=C(C)[C@@H](OC(C)=O)C[C@H]([C@@H](O)[C@H]12)C3(C)C. The number of ether oxygens (including phenoxy) is 3. The Morgan fingerprint density at radius 3 is 2.06 bits per heavy atom. The number of carbonyl (C=O) groups is 3. The molecule has 8 nitrogen and oxygen atoms in total. The van der Waals surface area contributed by atoms with Crippen molar-refractivity contribution >= 4 is 17.9 Å². The molecular weight excluding hydrogens is 440 g/mol. The van der Waals surface area contributed by atoms with Crippen LogP contribution in [-0.2, 0) is 28.6 Å². The highest BCUT2D eigenvalue weighted by atomic mass is 16.6. The third-order valence-corrected chi connectivity index (χ3v) is 8.35. The summed E-state index contributed by atoms with van der Waals surface area (Å²) in [6.07, 6.45) is -3.15. The normalized spacial score (nSPS) is 39.3. The van der Waals surface area contributed by atoms with Gasteiger partial charge in [0.2, 0.25) is 0 Å². The number of rotatable bonds is 3. The molecule has 0 radical (unpaired) electrons. The van der Waals surface area contributed by atoms with Crippen molar-refractivity contribution in [2.75, 3.05) is 0 Å². The molecule has 3 aliphatic rings. The molecule has 34 heavy (non-hydrogen) atoms. The zero-order valence-electron chi connectivity index (χ0n) is 21.2. The fraction of sp³-hybridized carbons (Fsp3) is 0.731. The van der Waals surface area contributed by atoms with Crippen LogP contribution in [0.5, 0.6) is 0 Å². The molecule has 8 atom stereocenters. The van der Waals surface area contributed by atoms with E-state index in [2.05, 4.69) is 6.58 Å². The Morgan fingerprint density at radius 2 is 1.53 bits per heavy atom. The number of aliphatic hydroxyl groups is 2. The maximum absolute atomic E-state index is 12.3. The van der Waals surface area contributed by atoms with Crippen molar-refractivity contribution in [2.45, 2.75) is 98.2 Å². The third kappa shape index (κ3) is 4.31. The van der Waals surface area contributed by atoms with E-state index < -0.39 is 71.1 Å². The first-order valence-electron chi connectivity index (χ1n) is 11.9. The highest BCUT2D eigenvalue weighted by Crippen LogP contribution is 2.60. The summed E-state index contributed by atoms with van der Waals surface area (Å²) in [7, 11) is 0. The van der Waals surface area contributed by atoms with Crippen molar-refractivity contribution < 1.29 is 38.8 Å². The number of hydrogen-bond donors (Lipinski definition) is 2. The van der Waals surface area contributed by atoms with Gasteiger partial charge >= 0.3 is 17.9 Å². The van der Waals surface area contributed by atoms with E-state index in [1.165, 1.54) is 20.8 Å². The minimum absolute atomic E-state index is 0.365. The molecule has 2 fully saturated rings. The Labute approximate surface area is 201 Å². The molecule has 0 amide bonds. The van der Waals surface area contributed by atoms with Crippen molar-refractivity contribution in [1.29, 1.82) is 0 Å². The van der Waals surface area contributed by atoms with Crippen LogP contribution in [0.3, 0.4) is 0 Å². The van der Waals surface area contributed by atoms with E-state index in [0.29, 0.717) is 30.4 Å². The molecule has 3 aliphatic carbocycles. The minimum atomic E-state index is -0.972. The van der Waals surface area contributed by atoms with Gasteiger partial charge in [-0.2, -0.15) is 0 Å². The van der Waals surface area contributed by atoms with Crippen LogP contribution in [0, 0.1) is 22.7 Å². The van der Waals surface area contributed by atoms with Crippen molar-refractivity contribution in [1.82, 2.24) is 0 Å². The number of hydrogen-bond acceptors (Lipinski definition) is 8. The van der Waals surface area contributed by atoms with E-state index >= 15 is 0 Å². The maximum Gasteiger partial charge on any atom is 0.303 e. The largest absolute Gasteiger partial charge is 0.458 e. The Balaban J connectivity index is 2.36. The summed E-state index contributed by atoms with van der Waals surface area (Å²) in [6.45, 7) is 15.7. The lowest BCUT2D eigenvalue weighted by Gasteiger charge is -2.59. The van der Waals surface area contributed by atoms with Crippen molar-refractivity contribution in [3.05, 3.63) is 23.3 Å². The Kier molecular flexibility index (Phi) is 7.08.